The van der Waals surface area contributed by atoms with E-state index in [9.17, 15) is 40.7 Å². The Kier molecular flexibility index (Phi) is 8.53. The fourth-order valence-electron chi connectivity index (χ4n) is 3.35. The van der Waals surface area contributed by atoms with Crippen LogP contribution in [0, 0.1) is 0 Å². The Bertz CT molecular complexity index is 913. The van der Waals surface area contributed by atoms with Crippen molar-refractivity contribution in [2.45, 2.75) is 25.3 Å². The van der Waals surface area contributed by atoms with Crippen LogP contribution in [0.15, 0.2) is 18.2 Å². The highest BCUT2D eigenvalue weighted by molar-refractivity contribution is 6.07. The first-order valence-corrected chi connectivity index (χ1v) is 9.97. The van der Waals surface area contributed by atoms with Gasteiger partial charge >= 0.3 is 30.2 Å². The van der Waals surface area contributed by atoms with Crippen LogP contribution < -0.4 is 9.80 Å². The molecule has 1 atom stereocenters. The van der Waals surface area contributed by atoms with E-state index in [-0.39, 0.29) is 4.90 Å². The maximum Gasteiger partial charge on any atom is 0.491 e. The molecule has 8 nitrogen and oxygen atoms in total. The molecule has 0 bridgehead atoms. The van der Waals surface area contributed by atoms with Gasteiger partial charge in [0.1, 0.15) is 0 Å². The second-order valence-electron chi connectivity index (χ2n) is 7.64. The summed E-state index contributed by atoms with van der Waals surface area (Å²) < 4.78 is 86.6. The molecule has 1 amide bonds. The predicted octanol–water partition coefficient (Wildman–Crippen LogP) is 2.61. The number of benzene rings is 1. The second-order valence-corrected chi connectivity index (χ2v) is 7.64. The van der Waals surface area contributed by atoms with Gasteiger partial charge in [0.15, 0.2) is 0 Å². The van der Waals surface area contributed by atoms with Crippen molar-refractivity contribution in [1.82, 2.24) is 4.90 Å². The molecule has 1 aromatic rings. The van der Waals surface area contributed by atoms with Crippen molar-refractivity contribution in [2.24, 2.45) is 0 Å². The van der Waals surface area contributed by atoms with Crippen LogP contribution >= 0.6 is 0 Å². The number of alkyl halides is 6. The Morgan fingerprint density at radius 3 is 2.12 bits per heavy atom. The molecule has 34 heavy (non-hydrogen) atoms. The summed E-state index contributed by atoms with van der Waals surface area (Å²) in [5, 5.41) is 0. The third-order valence-electron chi connectivity index (χ3n) is 5.06. The average Bonchev–Trinajstić information content (AvgIpc) is 2.73. The van der Waals surface area contributed by atoms with Crippen molar-refractivity contribution in [3.05, 3.63) is 23.8 Å². The van der Waals surface area contributed by atoms with E-state index in [1.165, 1.54) is 20.1 Å². The van der Waals surface area contributed by atoms with Gasteiger partial charge in [-0.05, 0) is 32.2 Å². The SMILES string of the molecule is COC[C@@H](C)N(C(=O)C(F)(F)F)c1cc(N2CCN(C)CC2)ccc1C(=O)OC(=O)C(F)(F)F. The first-order valence-electron chi connectivity index (χ1n) is 9.97. The van der Waals surface area contributed by atoms with E-state index in [1.807, 2.05) is 11.9 Å². The number of carbonyl (C=O) groups is 3. The van der Waals surface area contributed by atoms with Gasteiger partial charge in [0.05, 0.1) is 23.9 Å². The predicted molar refractivity (Wildman–Crippen MR) is 108 cm³/mol. The number of hydrogen-bond donors (Lipinski definition) is 0. The molecule has 0 aromatic heterocycles. The van der Waals surface area contributed by atoms with Crippen LogP contribution in [0.2, 0.25) is 0 Å². The second kappa shape index (κ2) is 10.6. The summed E-state index contributed by atoms with van der Waals surface area (Å²) in [7, 11) is 3.04. The fraction of sp³-hybridized carbons (Fsp3) is 0.550. The van der Waals surface area contributed by atoms with E-state index in [1.54, 1.807) is 4.90 Å². The van der Waals surface area contributed by atoms with Crippen LogP contribution in [0.4, 0.5) is 37.7 Å². The van der Waals surface area contributed by atoms with Gasteiger partial charge in [-0.1, -0.05) is 0 Å². The summed E-state index contributed by atoms with van der Waals surface area (Å²) in [6.07, 6.45) is -10.9. The molecular formula is C20H23F6N3O5. The summed E-state index contributed by atoms with van der Waals surface area (Å²) in [4.78, 5) is 39.8. The largest absolute Gasteiger partial charge is 0.491 e. The number of ether oxygens (including phenoxy) is 2. The third-order valence-corrected chi connectivity index (χ3v) is 5.06. The number of nitrogens with zero attached hydrogens (tertiary/aromatic N) is 3. The number of halogens is 6. The standard InChI is InChI=1S/C20H23F6N3O5/c1-12(11-33-3)29(17(31)19(21,22)23)15-10-13(28-8-6-27(2)7-9-28)4-5-14(15)16(30)34-18(32)20(24,25)26/h4-5,10,12H,6-9,11H2,1-3H3/t12-/m1/s1. The fourth-order valence-corrected chi connectivity index (χ4v) is 3.35. The number of carbonyl (C=O) groups excluding carboxylic acids is 3. The molecule has 2 rings (SSSR count). The molecule has 1 aliphatic rings. The smallest absolute Gasteiger partial charge is 0.383 e. The number of piperazine rings is 1. The normalized spacial score (nSPS) is 16.2. The van der Waals surface area contributed by atoms with Gasteiger partial charge in [0.2, 0.25) is 0 Å². The molecule has 0 unspecified atom stereocenters. The lowest BCUT2D eigenvalue weighted by Gasteiger charge is -2.36. The van der Waals surface area contributed by atoms with Crippen LogP contribution in [0.5, 0.6) is 0 Å². The molecule has 0 N–H and O–H groups in total. The molecule has 1 aromatic carbocycles. The van der Waals surface area contributed by atoms with Crippen LogP contribution in [0.1, 0.15) is 17.3 Å². The lowest BCUT2D eigenvalue weighted by atomic mass is 10.1. The van der Waals surface area contributed by atoms with Crippen molar-refractivity contribution in [3.8, 4) is 0 Å². The zero-order valence-corrected chi connectivity index (χ0v) is 18.5. The number of hydrogen-bond acceptors (Lipinski definition) is 7. The van der Waals surface area contributed by atoms with Crippen molar-refractivity contribution < 1.29 is 50.2 Å². The highest BCUT2D eigenvalue weighted by Crippen LogP contribution is 2.33. The Labute approximate surface area is 191 Å². The van der Waals surface area contributed by atoms with E-state index in [0.717, 1.165) is 12.1 Å². The molecule has 14 heteroatoms. The average molecular weight is 499 g/mol. The number of likely N-dealkylation sites (N-methyl/N-ethyl adjacent to an activating group) is 1. The van der Waals surface area contributed by atoms with Gasteiger partial charge in [0.25, 0.3) is 0 Å². The lowest BCUT2D eigenvalue weighted by Crippen LogP contribution is -2.49. The minimum Gasteiger partial charge on any atom is -0.383 e. The topological polar surface area (TPSA) is 79.4 Å². The number of amides is 1. The summed E-state index contributed by atoms with van der Waals surface area (Å²) in [6.45, 7) is 2.97. The maximum absolute atomic E-state index is 13.4. The minimum atomic E-state index is -5.51. The van der Waals surface area contributed by atoms with E-state index in [4.69, 9.17) is 4.74 Å². The molecule has 1 heterocycles. The zero-order chi connectivity index (χ0) is 25.8. The molecular weight excluding hydrogens is 476 g/mol. The number of anilines is 2. The van der Waals surface area contributed by atoms with E-state index < -0.39 is 54.1 Å². The Hall–Kier alpha value is -2.87. The molecule has 1 saturated heterocycles. The first kappa shape index (κ1) is 27.4. The molecule has 190 valence electrons. The minimum absolute atomic E-state index is 0.206. The quantitative estimate of drug-likeness (QED) is 0.338. The van der Waals surface area contributed by atoms with E-state index in [2.05, 4.69) is 4.74 Å². The van der Waals surface area contributed by atoms with Gasteiger partial charge in [-0.25, -0.2) is 9.59 Å². The third kappa shape index (κ3) is 6.59. The van der Waals surface area contributed by atoms with Crippen molar-refractivity contribution in [1.29, 1.82) is 0 Å². The zero-order valence-electron chi connectivity index (χ0n) is 18.5. The summed E-state index contributed by atoms with van der Waals surface area (Å²) >= 11 is 0. The van der Waals surface area contributed by atoms with Crippen LogP contribution in [-0.2, 0) is 19.1 Å². The van der Waals surface area contributed by atoms with Gasteiger partial charge in [-0.3, -0.25) is 9.69 Å². The molecule has 0 spiro atoms. The van der Waals surface area contributed by atoms with E-state index in [0.29, 0.717) is 31.9 Å². The maximum atomic E-state index is 13.4. The van der Waals surface area contributed by atoms with Gasteiger partial charge in [0, 0.05) is 39.0 Å². The highest BCUT2D eigenvalue weighted by Gasteiger charge is 2.47. The van der Waals surface area contributed by atoms with Crippen molar-refractivity contribution in [3.63, 3.8) is 0 Å². The summed E-state index contributed by atoms with van der Waals surface area (Å²) in [5.74, 6) is -7.07. The van der Waals surface area contributed by atoms with Crippen LogP contribution in [-0.4, -0.2) is 88.1 Å². The number of rotatable bonds is 6. The first-order chi connectivity index (χ1) is 15.7. The molecule has 0 saturated carbocycles. The van der Waals surface area contributed by atoms with Gasteiger partial charge in [-0.2, -0.15) is 26.3 Å². The highest BCUT2D eigenvalue weighted by atomic mass is 19.4. The van der Waals surface area contributed by atoms with E-state index >= 15 is 0 Å². The summed E-state index contributed by atoms with van der Waals surface area (Å²) in [6, 6.07) is 2.01. The summed E-state index contributed by atoms with van der Waals surface area (Å²) in [5.41, 5.74) is -1.16. The molecule has 1 fully saturated rings. The number of methoxy groups -OCH3 is 1. The Morgan fingerprint density at radius 1 is 1.03 bits per heavy atom. The Balaban J connectivity index is 2.61. The van der Waals surface area contributed by atoms with Crippen molar-refractivity contribution in [2.75, 3.05) is 56.7 Å². The molecule has 1 aliphatic heterocycles. The van der Waals surface area contributed by atoms with Gasteiger partial charge < -0.3 is 19.3 Å². The molecule has 0 radical (unpaired) electrons. The Morgan fingerprint density at radius 2 is 1.62 bits per heavy atom. The molecule has 0 aliphatic carbocycles. The van der Waals surface area contributed by atoms with Crippen molar-refractivity contribution >= 4 is 29.2 Å². The van der Waals surface area contributed by atoms with Crippen LogP contribution in [0.3, 0.4) is 0 Å². The van der Waals surface area contributed by atoms with Crippen LogP contribution in [0.25, 0.3) is 0 Å². The monoisotopic (exact) mass is 499 g/mol. The number of esters is 2. The lowest BCUT2D eigenvalue weighted by molar-refractivity contribution is -0.193. The van der Waals surface area contributed by atoms with Gasteiger partial charge in [-0.15, -0.1) is 0 Å².